The van der Waals surface area contributed by atoms with Crippen LogP contribution in [0.1, 0.15) is 59.5 Å². The largest absolute Gasteiger partial charge is 0.465 e. The van der Waals surface area contributed by atoms with E-state index in [0.717, 1.165) is 42.1 Å². The number of hydrogen-bond donors (Lipinski definition) is 2. The average Bonchev–Trinajstić information content (AvgIpc) is 3.46. The normalized spacial score (nSPS) is 25.0. The fourth-order valence-corrected chi connectivity index (χ4v) is 9.46. The lowest BCUT2D eigenvalue weighted by molar-refractivity contribution is 0.0596. The molecule has 2 saturated heterocycles. The standard InChI is InChI=1S/C33H37Cl2N3O4S/c1-42-33(39)27-4-2-3-5-30(27)43(40,41)38-18-16-23(17-19-38)32-28-20-24(10-15-29(28)36-37-32)31(21-6-11-25(34)12-7-21)22-8-13-26(35)14-9-22/h2-9,11-14,23-24,28-29,31-32,36-37H,10,15-20H2,1H3. The Kier molecular flexibility index (Phi) is 9.15. The molecule has 43 heavy (non-hydrogen) atoms. The highest BCUT2D eigenvalue weighted by molar-refractivity contribution is 7.89. The Balaban J connectivity index is 1.18. The Morgan fingerprint density at radius 3 is 2.07 bits per heavy atom. The van der Waals surface area contributed by atoms with Gasteiger partial charge >= 0.3 is 5.97 Å². The zero-order valence-corrected chi connectivity index (χ0v) is 26.4. The molecule has 1 aliphatic carbocycles. The van der Waals surface area contributed by atoms with Crippen LogP contribution in [0.15, 0.2) is 77.7 Å². The molecule has 2 heterocycles. The van der Waals surface area contributed by atoms with Crippen LogP contribution in [0, 0.1) is 17.8 Å². The lowest BCUT2D eigenvalue weighted by Crippen LogP contribution is -2.46. The van der Waals surface area contributed by atoms with E-state index in [2.05, 4.69) is 35.1 Å². The number of piperidine rings is 1. The number of sulfonamides is 1. The van der Waals surface area contributed by atoms with Gasteiger partial charge in [-0.25, -0.2) is 13.2 Å². The van der Waals surface area contributed by atoms with E-state index < -0.39 is 16.0 Å². The van der Waals surface area contributed by atoms with Gasteiger partial charge in [-0.15, -0.1) is 0 Å². The summed E-state index contributed by atoms with van der Waals surface area (Å²) in [5, 5.41) is 1.46. The van der Waals surface area contributed by atoms with Gasteiger partial charge in [0.2, 0.25) is 10.0 Å². The van der Waals surface area contributed by atoms with Crippen molar-refractivity contribution in [1.82, 2.24) is 15.2 Å². The quantitative estimate of drug-likeness (QED) is 0.296. The van der Waals surface area contributed by atoms with E-state index in [0.29, 0.717) is 36.9 Å². The van der Waals surface area contributed by atoms with E-state index in [4.69, 9.17) is 27.9 Å². The number of halogens is 2. The Bertz CT molecular complexity index is 1500. The van der Waals surface area contributed by atoms with Crippen LogP contribution < -0.4 is 10.9 Å². The maximum absolute atomic E-state index is 13.6. The molecule has 10 heteroatoms. The summed E-state index contributed by atoms with van der Waals surface area (Å²) in [6.07, 6.45) is 4.76. The van der Waals surface area contributed by atoms with Gasteiger partial charge in [0.05, 0.1) is 17.6 Å². The van der Waals surface area contributed by atoms with Crippen LogP contribution in [0.2, 0.25) is 10.0 Å². The van der Waals surface area contributed by atoms with Crippen molar-refractivity contribution in [2.75, 3.05) is 20.2 Å². The maximum atomic E-state index is 13.6. The van der Waals surface area contributed by atoms with Gasteiger partial charge in [0.25, 0.3) is 0 Å². The van der Waals surface area contributed by atoms with Crippen molar-refractivity contribution in [3.8, 4) is 0 Å². The number of fused-ring (bicyclic) bond motifs is 1. The summed E-state index contributed by atoms with van der Waals surface area (Å²) in [5.41, 5.74) is 9.80. The molecule has 1 saturated carbocycles. The molecule has 2 N–H and O–H groups in total. The molecule has 3 aromatic carbocycles. The highest BCUT2D eigenvalue weighted by Crippen LogP contribution is 2.46. The highest BCUT2D eigenvalue weighted by Gasteiger charge is 2.46. The molecule has 0 bridgehead atoms. The van der Waals surface area contributed by atoms with Gasteiger partial charge in [0, 0.05) is 41.1 Å². The molecule has 0 spiro atoms. The van der Waals surface area contributed by atoms with E-state index in [1.807, 2.05) is 24.3 Å². The zero-order valence-electron chi connectivity index (χ0n) is 24.1. The van der Waals surface area contributed by atoms with Crippen LogP contribution in [0.4, 0.5) is 0 Å². The monoisotopic (exact) mass is 641 g/mol. The van der Waals surface area contributed by atoms with Crippen LogP contribution >= 0.6 is 23.2 Å². The van der Waals surface area contributed by atoms with Gasteiger partial charge in [-0.1, -0.05) is 59.6 Å². The first kappa shape index (κ1) is 30.6. The predicted molar refractivity (Wildman–Crippen MR) is 169 cm³/mol. The minimum Gasteiger partial charge on any atom is -0.465 e. The van der Waals surface area contributed by atoms with Crippen molar-refractivity contribution < 1.29 is 17.9 Å². The SMILES string of the molecule is COC(=O)c1ccccc1S(=O)(=O)N1CCC(C2NNC3CCC(C(c4ccc(Cl)cc4)c4ccc(Cl)cc4)CC32)CC1. The summed E-state index contributed by atoms with van der Waals surface area (Å²) in [6.45, 7) is 0.833. The van der Waals surface area contributed by atoms with E-state index >= 15 is 0 Å². The smallest absolute Gasteiger partial charge is 0.339 e. The van der Waals surface area contributed by atoms with Crippen LogP contribution in [-0.4, -0.2) is 51.0 Å². The van der Waals surface area contributed by atoms with Gasteiger partial charge in [-0.05, 0) is 97.4 Å². The van der Waals surface area contributed by atoms with E-state index in [9.17, 15) is 13.2 Å². The molecular formula is C33H37Cl2N3O4S. The van der Waals surface area contributed by atoms with Crippen LogP contribution in [0.25, 0.3) is 0 Å². The minimum atomic E-state index is -3.83. The van der Waals surface area contributed by atoms with Crippen molar-refractivity contribution in [3.05, 3.63) is 99.5 Å². The summed E-state index contributed by atoms with van der Waals surface area (Å²) in [6, 6.07) is 23.4. The van der Waals surface area contributed by atoms with Crippen molar-refractivity contribution in [2.45, 2.75) is 55.0 Å². The minimum absolute atomic E-state index is 0.00610. The van der Waals surface area contributed by atoms with E-state index in [1.54, 1.807) is 12.1 Å². The summed E-state index contributed by atoms with van der Waals surface area (Å²) >= 11 is 12.5. The summed E-state index contributed by atoms with van der Waals surface area (Å²) in [4.78, 5) is 12.3. The number of carbonyl (C=O) groups excluding carboxylic acids is 1. The third-order valence-corrected chi connectivity index (χ3v) is 12.1. The van der Waals surface area contributed by atoms with E-state index in [1.165, 1.54) is 34.7 Å². The Morgan fingerprint density at radius 2 is 1.47 bits per heavy atom. The second-order valence-corrected chi connectivity index (χ2v) is 14.7. The van der Waals surface area contributed by atoms with Crippen LogP contribution in [0.5, 0.6) is 0 Å². The fraction of sp³-hybridized carbons (Fsp3) is 0.424. The predicted octanol–water partition coefficient (Wildman–Crippen LogP) is 6.27. The first-order valence-electron chi connectivity index (χ1n) is 15.0. The number of nitrogens with one attached hydrogen (secondary N) is 2. The Hall–Kier alpha value is -2.46. The first-order valence-corrected chi connectivity index (χ1v) is 17.2. The molecule has 228 valence electrons. The van der Waals surface area contributed by atoms with Gasteiger partial charge in [-0.2, -0.15) is 4.31 Å². The number of nitrogens with zero attached hydrogens (tertiary/aromatic N) is 1. The lowest BCUT2D eigenvalue weighted by atomic mass is 9.66. The van der Waals surface area contributed by atoms with Crippen LogP contribution in [0.3, 0.4) is 0 Å². The molecule has 0 radical (unpaired) electrons. The molecular weight excluding hydrogens is 605 g/mol. The third-order valence-electron chi connectivity index (χ3n) is 9.68. The van der Waals surface area contributed by atoms with Crippen LogP contribution in [-0.2, 0) is 14.8 Å². The van der Waals surface area contributed by atoms with E-state index in [-0.39, 0.29) is 22.4 Å². The van der Waals surface area contributed by atoms with Crippen molar-refractivity contribution in [3.63, 3.8) is 0 Å². The summed E-state index contributed by atoms with van der Waals surface area (Å²) in [5.74, 6) is 0.813. The molecule has 3 aliphatic rings. The van der Waals surface area contributed by atoms with Gasteiger partial charge in [0.15, 0.2) is 0 Å². The van der Waals surface area contributed by atoms with Gasteiger partial charge in [0.1, 0.15) is 0 Å². The zero-order chi connectivity index (χ0) is 30.1. The molecule has 6 rings (SSSR count). The molecule has 3 fully saturated rings. The number of ether oxygens (including phenoxy) is 1. The average molecular weight is 643 g/mol. The molecule has 3 aromatic rings. The van der Waals surface area contributed by atoms with Gasteiger partial charge in [-0.3, -0.25) is 10.9 Å². The Labute approximate surface area is 263 Å². The van der Waals surface area contributed by atoms with Crippen molar-refractivity contribution in [1.29, 1.82) is 0 Å². The van der Waals surface area contributed by atoms with Crippen molar-refractivity contribution in [2.24, 2.45) is 17.8 Å². The Morgan fingerprint density at radius 1 is 0.860 bits per heavy atom. The second kappa shape index (κ2) is 12.9. The van der Waals surface area contributed by atoms with Crippen molar-refractivity contribution >= 4 is 39.2 Å². The summed E-state index contributed by atoms with van der Waals surface area (Å²) < 4.78 is 33.5. The molecule has 2 aliphatic heterocycles. The number of carbonyl (C=O) groups is 1. The number of rotatable bonds is 7. The molecule has 0 aromatic heterocycles. The number of hydrogen-bond acceptors (Lipinski definition) is 6. The fourth-order valence-electron chi connectivity index (χ4n) is 7.56. The molecule has 4 atom stereocenters. The maximum Gasteiger partial charge on any atom is 0.339 e. The lowest BCUT2D eigenvalue weighted by Gasteiger charge is -2.41. The number of hydrazine groups is 1. The number of esters is 1. The molecule has 0 amide bonds. The number of benzene rings is 3. The van der Waals surface area contributed by atoms with Gasteiger partial charge < -0.3 is 4.74 Å². The molecule has 4 unspecified atom stereocenters. The summed E-state index contributed by atoms with van der Waals surface area (Å²) in [7, 11) is -2.57. The molecule has 7 nitrogen and oxygen atoms in total. The topological polar surface area (TPSA) is 87.7 Å². The second-order valence-electron chi connectivity index (χ2n) is 12.0. The highest BCUT2D eigenvalue weighted by atomic mass is 35.5. The third kappa shape index (κ3) is 6.23. The number of methoxy groups -OCH3 is 1. The first-order chi connectivity index (χ1) is 20.8.